The summed E-state index contributed by atoms with van der Waals surface area (Å²) in [5.41, 5.74) is 3.20. The molecule has 0 radical (unpaired) electrons. The van der Waals surface area contributed by atoms with E-state index in [1.807, 2.05) is 36.4 Å². The van der Waals surface area contributed by atoms with Gasteiger partial charge in [-0.1, -0.05) is 63.2 Å². The monoisotopic (exact) mass is 392 g/mol. The molecule has 1 aromatic heterocycles. The number of aromatic nitrogens is 2. The summed E-state index contributed by atoms with van der Waals surface area (Å²) in [4.78, 5) is 17.3. The number of anilines is 1. The molecule has 0 bridgehead atoms. The van der Waals surface area contributed by atoms with Gasteiger partial charge >= 0.3 is 0 Å². The summed E-state index contributed by atoms with van der Waals surface area (Å²) >= 11 is 0. The normalized spacial score (nSPS) is 11.4. The van der Waals surface area contributed by atoms with Crippen molar-refractivity contribution in [1.82, 2.24) is 15.5 Å². The molecule has 0 spiro atoms. The van der Waals surface area contributed by atoms with Gasteiger partial charge in [0.2, 0.25) is 11.7 Å². The molecule has 0 atom stereocenters. The van der Waals surface area contributed by atoms with Gasteiger partial charge in [-0.15, -0.1) is 0 Å². The molecule has 0 saturated heterocycles. The lowest BCUT2D eigenvalue weighted by Gasteiger charge is -2.13. The molecule has 0 unspecified atom stereocenters. The zero-order chi connectivity index (χ0) is 20.9. The fourth-order valence-corrected chi connectivity index (χ4v) is 2.95. The summed E-state index contributed by atoms with van der Waals surface area (Å²) in [7, 11) is 0. The fourth-order valence-electron chi connectivity index (χ4n) is 2.95. The van der Waals surface area contributed by atoms with E-state index >= 15 is 0 Å². The average Bonchev–Trinajstić information content (AvgIpc) is 3.14. The second-order valence-electron chi connectivity index (χ2n) is 8.22. The highest BCUT2D eigenvalue weighted by atomic mass is 16.5. The third-order valence-corrected chi connectivity index (χ3v) is 4.36. The van der Waals surface area contributed by atoms with E-state index in [9.17, 15) is 4.79 Å². The van der Waals surface area contributed by atoms with Crippen LogP contribution in [0.4, 0.5) is 5.69 Å². The Hall–Kier alpha value is -2.99. The van der Waals surface area contributed by atoms with Crippen LogP contribution in [0.25, 0.3) is 11.4 Å². The van der Waals surface area contributed by atoms with Crippen LogP contribution in [0.2, 0.25) is 0 Å². The van der Waals surface area contributed by atoms with Crippen molar-refractivity contribution in [2.24, 2.45) is 5.41 Å². The summed E-state index contributed by atoms with van der Waals surface area (Å²) in [6.07, 6.45) is 0.697. The minimum absolute atomic E-state index is 0.0611. The number of nitrogens with one attached hydrogen (secondary N) is 2. The van der Waals surface area contributed by atoms with Crippen LogP contribution in [0.5, 0.6) is 0 Å². The Morgan fingerprint density at radius 1 is 1.10 bits per heavy atom. The predicted octanol–water partition coefficient (Wildman–Crippen LogP) is 4.69. The summed E-state index contributed by atoms with van der Waals surface area (Å²) in [5.74, 6) is 0.917. The van der Waals surface area contributed by atoms with Crippen LogP contribution >= 0.6 is 0 Å². The highest BCUT2D eigenvalue weighted by molar-refractivity contribution is 6.05. The standard InChI is InChI=1S/C23H28N4O2/c1-5-24-15-18-9-6-7-12-19(18)25-22(28)17-11-8-10-16(13-17)21-26-20(29-27-21)14-23(2,3)4/h6-13,24H,5,14-15H2,1-4H3,(H,25,28). The molecule has 152 valence electrons. The zero-order valence-electron chi connectivity index (χ0n) is 17.5. The van der Waals surface area contributed by atoms with Crippen LogP contribution in [-0.2, 0) is 13.0 Å². The van der Waals surface area contributed by atoms with E-state index in [0.29, 0.717) is 30.2 Å². The minimum Gasteiger partial charge on any atom is -0.339 e. The van der Waals surface area contributed by atoms with Crippen LogP contribution in [0, 0.1) is 5.41 Å². The maximum absolute atomic E-state index is 12.8. The highest BCUT2D eigenvalue weighted by Gasteiger charge is 2.18. The molecule has 0 saturated carbocycles. The molecule has 2 N–H and O–H groups in total. The van der Waals surface area contributed by atoms with Crippen LogP contribution in [0.3, 0.4) is 0 Å². The Balaban J connectivity index is 1.77. The number of hydrogen-bond donors (Lipinski definition) is 2. The van der Waals surface area contributed by atoms with Crippen molar-refractivity contribution in [3.63, 3.8) is 0 Å². The molecule has 1 heterocycles. The molecular weight excluding hydrogens is 364 g/mol. The summed E-state index contributed by atoms with van der Waals surface area (Å²) < 4.78 is 5.38. The lowest BCUT2D eigenvalue weighted by molar-refractivity contribution is 0.102. The Labute approximate surface area is 171 Å². The molecule has 0 aliphatic rings. The Kier molecular flexibility index (Phi) is 6.44. The van der Waals surface area contributed by atoms with Gasteiger partial charge in [0, 0.05) is 29.8 Å². The third-order valence-electron chi connectivity index (χ3n) is 4.36. The first-order valence-corrected chi connectivity index (χ1v) is 9.89. The van der Waals surface area contributed by atoms with Gasteiger partial charge in [0.15, 0.2) is 0 Å². The molecular formula is C23H28N4O2. The highest BCUT2D eigenvalue weighted by Crippen LogP contribution is 2.23. The quantitative estimate of drug-likeness (QED) is 0.610. The van der Waals surface area contributed by atoms with Gasteiger partial charge in [-0.05, 0) is 35.7 Å². The first-order valence-electron chi connectivity index (χ1n) is 9.89. The van der Waals surface area contributed by atoms with Crippen LogP contribution in [0.1, 0.15) is 49.5 Å². The van der Waals surface area contributed by atoms with Gasteiger partial charge in [0.1, 0.15) is 0 Å². The summed E-state index contributed by atoms with van der Waals surface area (Å²) in [5, 5.41) is 10.4. The van der Waals surface area contributed by atoms with Gasteiger partial charge in [0.05, 0.1) is 0 Å². The zero-order valence-corrected chi connectivity index (χ0v) is 17.5. The number of carbonyl (C=O) groups excluding carboxylic acids is 1. The fraction of sp³-hybridized carbons (Fsp3) is 0.348. The topological polar surface area (TPSA) is 80.0 Å². The first-order chi connectivity index (χ1) is 13.9. The van der Waals surface area contributed by atoms with E-state index in [1.165, 1.54) is 0 Å². The van der Waals surface area contributed by atoms with Crippen molar-refractivity contribution < 1.29 is 9.32 Å². The smallest absolute Gasteiger partial charge is 0.255 e. The van der Waals surface area contributed by atoms with E-state index in [2.05, 4.69) is 48.5 Å². The molecule has 0 aliphatic heterocycles. The molecule has 1 amide bonds. The van der Waals surface area contributed by atoms with Gasteiger partial charge in [-0.3, -0.25) is 4.79 Å². The molecule has 6 heteroatoms. The Morgan fingerprint density at radius 2 is 1.90 bits per heavy atom. The van der Waals surface area contributed by atoms with Gasteiger partial charge in [0.25, 0.3) is 5.91 Å². The molecule has 0 aliphatic carbocycles. The number of para-hydroxylation sites is 1. The molecule has 6 nitrogen and oxygen atoms in total. The number of hydrogen-bond acceptors (Lipinski definition) is 5. The van der Waals surface area contributed by atoms with Crippen molar-refractivity contribution in [2.75, 3.05) is 11.9 Å². The third kappa shape index (κ3) is 5.74. The Bertz CT molecular complexity index is 973. The van der Waals surface area contributed by atoms with Gasteiger partial charge in [-0.2, -0.15) is 4.98 Å². The number of nitrogens with zero attached hydrogens (tertiary/aromatic N) is 2. The van der Waals surface area contributed by atoms with E-state index < -0.39 is 0 Å². The molecule has 29 heavy (non-hydrogen) atoms. The van der Waals surface area contributed by atoms with Crippen molar-refractivity contribution in [1.29, 1.82) is 0 Å². The number of benzene rings is 2. The van der Waals surface area contributed by atoms with E-state index in [1.54, 1.807) is 12.1 Å². The lowest BCUT2D eigenvalue weighted by atomic mass is 9.92. The van der Waals surface area contributed by atoms with Crippen molar-refractivity contribution in [3.05, 3.63) is 65.5 Å². The first kappa shape index (κ1) is 20.7. The van der Waals surface area contributed by atoms with Crippen LogP contribution < -0.4 is 10.6 Å². The molecule has 3 aromatic rings. The van der Waals surface area contributed by atoms with E-state index in [0.717, 1.165) is 23.4 Å². The largest absolute Gasteiger partial charge is 0.339 e. The lowest BCUT2D eigenvalue weighted by Crippen LogP contribution is -2.17. The minimum atomic E-state index is -0.172. The maximum atomic E-state index is 12.8. The second kappa shape index (κ2) is 9.01. The predicted molar refractivity (Wildman–Crippen MR) is 115 cm³/mol. The maximum Gasteiger partial charge on any atom is 0.255 e. The summed E-state index contributed by atoms with van der Waals surface area (Å²) in [6, 6.07) is 15.1. The number of rotatable bonds is 7. The van der Waals surface area contributed by atoms with Crippen molar-refractivity contribution >= 4 is 11.6 Å². The average molecular weight is 393 g/mol. The van der Waals surface area contributed by atoms with Gasteiger partial charge < -0.3 is 15.2 Å². The second-order valence-corrected chi connectivity index (χ2v) is 8.22. The van der Waals surface area contributed by atoms with E-state index in [-0.39, 0.29) is 11.3 Å². The molecule has 2 aromatic carbocycles. The van der Waals surface area contributed by atoms with E-state index in [4.69, 9.17) is 4.52 Å². The van der Waals surface area contributed by atoms with Crippen LogP contribution in [-0.4, -0.2) is 22.6 Å². The number of amides is 1. The Morgan fingerprint density at radius 3 is 2.66 bits per heavy atom. The number of carbonyl (C=O) groups is 1. The molecule has 0 fully saturated rings. The van der Waals surface area contributed by atoms with Crippen LogP contribution in [0.15, 0.2) is 53.1 Å². The SMILES string of the molecule is CCNCc1ccccc1NC(=O)c1cccc(-c2noc(CC(C)(C)C)n2)c1. The van der Waals surface area contributed by atoms with Crippen molar-refractivity contribution in [2.45, 2.75) is 40.7 Å². The molecule has 3 rings (SSSR count). The van der Waals surface area contributed by atoms with Crippen molar-refractivity contribution in [3.8, 4) is 11.4 Å². The van der Waals surface area contributed by atoms with Gasteiger partial charge in [-0.25, -0.2) is 0 Å². The summed E-state index contributed by atoms with van der Waals surface area (Å²) in [6.45, 7) is 9.98.